The Bertz CT molecular complexity index is 513. The molecule has 0 spiro atoms. The van der Waals surface area contributed by atoms with Gasteiger partial charge in [-0.05, 0) is 25.8 Å². The number of benzene rings is 1. The average Bonchev–Trinajstić information content (AvgIpc) is 3.06. The van der Waals surface area contributed by atoms with Gasteiger partial charge in [-0.1, -0.05) is 25.1 Å². The Labute approximate surface area is 138 Å². The molecule has 3 unspecified atom stereocenters. The largest absolute Gasteiger partial charge is 0.496 e. The maximum Gasteiger partial charge on any atom is 0.227 e. The smallest absolute Gasteiger partial charge is 0.227 e. The van der Waals surface area contributed by atoms with Crippen molar-refractivity contribution in [1.29, 1.82) is 0 Å². The van der Waals surface area contributed by atoms with E-state index in [4.69, 9.17) is 15.2 Å². The number of nitrogens with two attached hydrogens (primary N) is 1. The van der Waals surface area contributed by atoms with Crippen molar-refractivity contribution in [3.05, 3.63) is 29.8 Å². The summed E-state index contributed by atoms with van der Waals surface area (Å²) in [6.07, 6.45) is 2.18. The number of amides is 1. The van der Waals surface area contributed by atoms with Gasteiger partial charge >= 0.3 is 0 Å². The van der Waals surface area contributed by atoms with E-state index in [1.54, 1.807) is 7.11 Å². The van der Waals surface area contributed by atoms with Crippen molar-refractivity contribution in [1.82, 2.24) is 4.90 Å². The topological polar surface area (TPSA) is 64.8 Å². The molecule has 1 amide bonds. The predicted octanol–water partition coefficient (Wildman–Crippen LogP) is 2.19. The van der Waals surface area contributed by atoms with E-state index in [1.807, 2.05) is 43.0 Å². The quantitative estimate of drug-likeness (QED) is 0.836. The first kappa shape index (κ1) is 17.8. The van der Waals surface area contributed by atoms with Crippen molar-refractivity contribution >= 4 is 5.91 Å². The molecule has 5 heteroatoms. The van der Waals surface area contributed by atoms with Gasteiger partial charge in [0.1, 0.15) is 5.75 Å². The average molecular weight is 320 g/mol. The highest BCUT2D eigenvalue weighted by Gasteiger charge is 2.28. The summed E-state index contributed by atoms with van der Waals surface area (Å²) in [7, 11) is 1.65. The molecule has 0 saturated carbocycles. The van der Waals surface area contributed by atoms with Crippen LogP contribution in [0.2, 0.25) is 0 Å². The molecule has 1 aliphatic heterocycles. The third-order valence-corrected chi connectivity index (χ3v) is 4.49. The molecule has 1 saturated heterocycles. The van der Waals surface area contributed by atoms with E-state index in [1.165, 1.54) is 0 Å². The summed E-state index contributed by atoms with van der Waals surface area (Å²) in [6, 6.07) is 7.62. The molecule has 1 fully saturated rings. The van der Waals surface area contributed by atoms with E-state index in [2.05, 4.69) is 0 Å². The number of ether oxygens (including phenoxy) is 2. The first-order valence-electron chi connectivity index (χ1n) is 8.30. The minimum Gasteiger partial charge on any atom is -0.496 e. The van der Waals surface area contributed by atoms with Crippen LogP contribution in [0.4, 0.5) is 0 Å². The number of carbonyl (C=O) groups is 1. The molecule has 3 atom stereocenters. The molecule has 2 N–H and O–H groups in total. The van der Waals surface area contributed by atoms with Crippen molar-refractivity contribution in [2.24, 2.45) is 11.7 Å². The van der Waals surface area contributed by atoms with Gasteiger partial charge in [0.25, 0.3) is 0 Å². The monoisotopic (exact) mass is 320 g/mol. The van der Waals surface area contributed by atoms with Gasteiger partial charge in [-0.2, -0.15) is 0 Å². The standard InChI is InChI=1S/C18H28N2O3/c1-13(14(2)19)18(21)20(12-16-8-6-10-23-16)11-15-7-4-5-9-17(15)22-3/h4-5,7,9,13-14,16H,6,8,10-12,19H2,1-3H3. The van der Waals surface area contributed by atoms with E-state index in [0.717, 1.165) is 30.8 Å². The fourth-order valence-electron chi connectivity index (χ4n) is 2.82. The number of methoxy groups -OCH3 is 1. The van der Waals surface area contributed by atoms with Gasteiger partial charge in [-0.15, -0.1) is 0 Å². The summed E-state index contributed by atoms with van der Waals surface area (Å²) in [6.45, 7) is 5.66. The highest BCUT2D eigenvalue weighted by molar-refractivity contribution is 5.79. The molecule has 5 nitrogen and oxygen atoms in total. The molecule has 128 valence electrons. The van der Waals surface area contributed by atoms with E-state index in [9.17, 15) is 4.79 Å². The molecule has 1 heterocycles. The number of hydrogen-bond acceptors (Lipinski definition) is 4. The highest BCUT2D eigenvalue weighted by Crippen LogP contribution is 2.22. The van der Waals surface area contributed by atoms with Crippen LogP contribution < -0.4 is 10.5 Å². The van der Waals surface area contributed by atoms with Crippen LogP contribution >= 0.6 is 0 Å². The Kier molecular flexibility index (Phi) is 6.42. The van der Waals surface area contributed by atoms with Crippen molar-refractivity contribution in [3.8, 4) is 5.75 Å². The Morgan fingerprint density at radius 1 is 1.43 bits per heavy atom. The van der Waals surface area contributed by atoms with Crippen molar-refractivity contribution < 1.29 is 14.3 Å². The molecule has 0 bridgehead atoms. The SMILES string of the molecule is COc1ccccc1CN(CC1CCCO1)C(=O)C(C)C(C)N. The summed E-state index contributed by atoms with van der Waals surface area (Å²) in [5, 5.41) is 0. The zero-order valence-electron chi connectivity index (χ0n) is 14.3. The fraction of sp³-hybridized carbons (Fsp3) is 0.611. The maximum atomic E-state index is 12.8. The molecule has 1 aromatic rings. The van der Waals surface area contributed by atoms with Gasteiger partial charge < -0.3 is 20.1 Å². The summed E-state index contributed by atoms with van der Waals surface area (Å²) in [5.74, 6) is 0.651. The van der Waals surface area contributed by atoms with Crippen molar-refractivity contribution in [3.63, 3.8) is 0 Å². The van der Waals surface area contributed by atoms with Gasteiger partial charge in [-0.3, -0.25) is 4.79 Å². The minimum absolute atomic E-state index is 0.0707. The van der Waals surface area contributed by atoms with Crippen molar-refractivity contribution in [2.45, 2.75) is 45.4 Å². The second-order valence-electron chi connectivity index (χ2n) is 6.31. The second-order valence-corrected chi connectivity index (χ2v) is 6.31. The third-order valence-electron chi connectivity index (χ3n) is 4.49. The zero-order chi connectivity index (χ0) is 16.8. The van der Waals surface area contributed by atoms with E-state index >= 15 is 0 Å². The third kappa shape index (κ3) is 4.69. The maximum absolute atomic E-state index is 12.8. The van der Waals surface area contributed by atoms with Crippen LogP contribution in [0.1, 0.15) is 32.3 Å². The fourth-order valence-corrected chi connectivity index (χ4v) is 2.82. The van der Waals surface area contributed by atoms with Crippen LogP contribution in [0, 0.1) is 5.92 Å². The Balaban J connectivity index is 2.16. The molecule has 1 aromatic carbocycles. The molecule has 0 radical (unpaired) electrons. The van der Waals surface area contributed by atoms with E-state index in [-0.39, 0.29) is 24.0 Å². The minimum atomic E-state index is -0.217. The number of rotatable bonds is 7. The summed E-state index contributed by atoms with van der Waals surface area (Å²) in [4.78, 5) is 14.7. The Hall–Kier alpha value is -1.59. The lowest BCUT2D eigenvalue weighted by atomic mass is 10.0. The van der Waals surface area contributed by atoms with Gasteiger partial charge in [0, 0.05) is 31.3 Å². The molecule has 0 aliphatic carbocycles. The normalized spacial score (nSPS) is 20.1. The number of nitrogens with zero attached hydrogens (tertiary/aromatic N) is 1. The van der Waals surface area contributed by atoms with Gasteiger partial charge in [0.2, 0.25) is 5.91 Å². The van der Waals surface area contributed by atoms with Gasteiger partial charge in [0.15, 0.2) is 0 Å². The molecule has 23 heavy (non-hydrogen) atoms. The summed E-state index contributed by atoms with van der Waals surface area (Å²) >= 11 is 0. The van der Waals surface area contributed by atoms with Gasteiger partial charge in [0.05, 0.1) is 19.1 Å². The number of carbonyl (C=O) groups excluding carboxylic acids is 1. The molecule has 1 aliphatic rings. The lowest BCUT2D eigenvalue weighted by molar-refractivity contribution is -0.137. The Morgan fingerprint density at radius 3 is 2.78 bits per heavy atom. The summed E-state index contributed by atoms with van der Waals surface area (Å²) in [5.41, 5.74) is 6.93. The van der Waals surface area contributed by atoms with E-state index in [0.29, 0.717) is 13.1 Å². The molecular weight excluding hydrogens is 292 g/mol. The van der Waals surface area contributed by atoms with Crippen LogP contribution in [0.5, 0.6) is 5.75 Å². The van der Waals surface area contributed by atoms with Crippen LogP contribution in [0.25, 0.3) is 0 Å². The van der Waals surface area contributed by atoms with Crippen molar-refractivity contribution in [2.75, 3.05) is 20.3 Å². The highest BCUT2D eigenvalue weighted by atomic mass is 16.5. The first-order valence-corrected chi connectivity index (χ1v) is 8.30. The lowest BCUT2D eigenvalue weighted by Crippen LogP contribution is -2.44. The van der Waals surface area contributed by atoms with Crippen LogP contribution in [0.3, 0.4) is 0 Å². The van der Waals surface area contributed by atoms with Crippen LogP contribution in [-0.2, 0) is 16.1 Å². The molecule has 0 aromatic heterocycles. The zero-order valence-corrected chi connectivity index (χ0v) is 14.3. The molecule has 2 rings (SSSR count). The first-order chi connectivity index (χ1) is 11.0. The lowest BCUT2D eigenvalue weighted by Gasteiger charge is -2.30. The molecular formula is C18H28N2O3. The number of hydrogen-bond donors (Lipinski definition) is 1. The predicted molar refractivity (Wildman–Crippen MR) is 90.2 cm³/mol. The Morgan fingerprint density at radius 2 is 2.17 bits per heavy atom. The number of para-hydroxylation sites is 1. The van der Waals surface area contributed by atoms with Crippen LogP contribution in [-0.4, -0.2) is 43.2 Å². The summed E-state index contributed by atoms with van der Waals surface area (Å²) < 4.78 is 11.1. The van der Waals surface area contributed by atoms with Crippen LogP contribution in [0.15, 0.2) is 24.3 Å². The van der Waals surface area contributed by atoms with E-state index < -0.39 is 0 Å². The van der Waals surface area contributed by atoms with Gasteiger partial charge in [-0.25, -0.2) is 0 Å². The second kappa shape index (κ2) is 8.31.